The molecule has 2 rings (SSSR count). The van der Waals surface area contributed by atoms with Gasteiger partial charge in [-0.15, -0.1) is 0 Å². The van der Waals surface area contributed by atoms with E-state index in [9.17, 15) is 12.8 Å². The average Bonchev–Trinajstić information content (AvgIpc) is 2.48. The predicted molar refractivity (Wildman–Crippen MR) is 81.4 cm³/mol. The van der Waals surface area contributed by atoms with Crippen LogP contribution in [-0.2, 0) is 10.0 Å². The minimum Gasteiger partial charge on any atom is -0.317 e. The normalized spacial score (nSPS) is 18.0. The fraction of sp³-hybridized carbons (Fsp3) is 0.571. The van der Waals surface area contributed by atoms with Crippen molar-refractivity contribution in [3.05, 3.63) is 29.0 Å². The highest BCUT2D eigenvalue weighted by molar-refractivity contribution is 7.89. The molecule has 1 aromatic carbocycles. The van der Waals surface area contributed by atoms with Gasteiger partial charge < -0.3 is 5.32 Å². The molecule has 0 radical (unpaired) electrons. The van der Waals surface area contributed by atoms with Crippen LogP contribution in [0.5, 0.6) is 0 Å². The first-order valence-corrected chi connectivity index (χ1v) is 8.93. The number of benzene rings is 1. The number of rotatable bonds is 5. The van der Waals surface area contributed by atoms with Gasteiger partial charge in [-0.05, 0) is 50.0 Å². The van der Waals surface area contributed by atoms with Crippen molar-refractivity contribution in [1.29, 1.82) is 0 Å². The molecular weight excluding hydrogens is 315 g/mol. The van der Waals surface area contributed by atoms with E-state index in [2.05, 4.69) is 5.32 Å². The van der Waals surface area contributed by atoms with Crippen molar-refractivity contribution in [1.82, 2.24) is 9.62 Å². The Bertz CT molecular complexity index is 587. The van der Waals surface area contributed by atoms with E-state index >= 15 is 0 Å². The third-order valence-corrected chi connectivity index (χ3v) is 5.92. The highest BCUT2D eigenvalue weighted by Gasteiger charge is 2.31. The Kier molecular flexibility index (Phi) is 5.60. The maximum absolute atomic E-state index is 13.8. The van der Waals surface area contributed by atoms with Gasteiger partial charge in [0.15, 0.2) is 0 Å². The Balaban J connectivity index is 2.10. The Morgan fingerprint density at radius 3 is 2.67 bits per heavy atom. The summed E-state index contributed by atoms with van der Waals surface area (Å²) in [5.74, 6) is -0.283. The first-order valence-electron chi connectivity index (χ1n) is 7.11. The lowest BCUT2D eigenvalue weighted by molar-refractivity contribution is 0.268. The van der Waals surface area contributed by atoms with Crippen LogP contribution in [-0.4, -0.2) is 38.9 Å². The molecule has 7 heteroatoms. The zero-order valence-electron chi connectivity index (χ0n) is 12.0. The summed E-state index contributed by atoms with van der Waals surface area (Å²) in [6.45, 7) is 4.69. The third kappa shape index (κ3) is 3.94. The number of sulfonamides is 1. The largest absolute Gasteiger partial charge is 0.317 e. The van der Waals surface area contributed by atoms with Crippen LogP contribution in [0, 0.1) is 11.7 Å². The zero-order chi connectivity index (χ0) is 15.5. The van der Waals surface area contributed by atoms with Crippen LogP contribution in [0.3, 0.4) is 0 Å². The van der Waals surface area contributed by atoms with E-state index in [4.69, 9.17) is 11.6 Å². The SMILES string of the molecule is CCNCC1CCN(S(=O)(=O)c2cc(Cl)ccc2F)CC1. The summed E-state index contributed by atoms with van der Waals surface area (Å²) in [5, 5.41) is 3.49. The number of nitrogens with one attached hydrogen (secondary N) is 1. The van der Waals surface area contributed by atoms with Crippen LogP contribution >= 0.6 is 11.6 Å². The molecule has 1 heterocycles. The Labute approximate surface area is 130 Å². The molecule has 1 fully saturated rings. The van der Waals surface area contributed by atoms with Crippen molar-refractivity contribution in [2.24, 2.45) is 5.92 Å². The highest BCUT2D eigenvalue weighted by atomic mass is 35.5. The Hall–Kier alpha value is -0.690. The van der Waals surface area contributed by atoms with E-state index in [1.165, 1.54) is 16.4 Å². The fourth-order valence-electron chi connectivity index (χ4n) is 2.52. The summed E-state index contributed by atoms with van der Waals surface area (Å²) in [5.41, 5.74) is 0. The van der Waals surface area contributed by atoms with E-state index in [0.29, 0.717) is 19.0 Å². The first-order chi connectivity index (χ1) is 9.95. The van der Waals surface area contributed by atoms with E-state index in [0.717, 1.165) is 32.0 Å². The molecule has 0 saturated carbocycles. The molecule has 1 aliphatic rings. The van der Waals surface area contributed by atoms with Gasteiger partial charge in [-0.1, -0.05) is 18.5 Å². The molecule has 0 amide bonds. The molecule has 1 aliphatic heterocycles. The van der Waals surface area contributed by atoms with Crippen molar-refractivity contribution in [2.45, 2.75) is 24.7 Å². The lowest BCUT2D eigenvalue weighted by Gasteiger charge is -2.31. The molecule has 21 heavy (non-hydrogen) atoms. The van der Waals surface area contributed by atoms with Crippen molar-refractivity contribution in [3.8, 4) is 0 Å². The molecule has 0 atom stereocenters. The second kappa shape index (κ2) is 7.05. The van der Waals surface area contributed by atoms with Gasteiger partial charge in [0, 0.05) is 18.1 Å². The number of piperidine rings is 1. The van der Waals surface area contributed by atoms with Gasteiger partial charge in [-0.2, -0.15) is 4.31 Å². The van der Waals surface area contributed by atoms with Crippen LogP contribution in [0.4, 0.5) is 4.39 Å². The number of nitrogens with zero attached hydrogens (tertiary/aromatic N) is 1. The van der Waals surface area contributed by atoms with Gasteiger partial charge in [0.05, 0.1) is 0 Å². The minimum absolute atomic E-state index is 0.219. The summed E-state index contributed by atoms with van der Waals surface area (Å²) in [4.78, 5) is -0.333. The maximum atomic E-state index is 13.8. The summed E-state index contributed by atoms with van der Waals surface area (Å²) < 4.78 is 40.1. The minimum atomic E-state index is -3.81. The molecule has 4 nitrogen and oxygen atoms in total. The van der Waals surface area contributed by atoms with E-state index in [-0.39, 0.29) is 9.92 Å². The molecule has 0 unspecified atom stereocenters. The van der Waals surface area contributed by atoms with E-state index in [1.54, 1.807) is 0 Å². The molecule has 118 valence electrons. The standard InChI is InChI=1S/C14H20ClFN2O2S/c1-2-17-10-11-5-7-18(8-6-11)21(19,20)14-9-12(15)3-4-13(14)16/h3-4,9,11,17H,2,5-8,10H2,1H3. The van der Waals surface area contributed by atoms with Crippen LogP contribution in [0.1, 0.15) is 19.8 Å². The topological polar surface area (TPSA) is 49.4 Å². The summed E-state index contributed by atoms with van der Waals surface area (Å²) >= 11 is 5.78. The van der Waals surface area contributed by atoms with Crippen molar-refractivity contribution < 1.29 is 12.8 Å². The first kappa shape index (κ1) is 16.7. The number of halogens is 2. The molecule has 0 aliphatic carbocycles. The Morgan fingerprint density at radius 1 is 1.38 bits per heavy atom. The van der Waals surface area contributed by atoms with Gasteiger partial charge in [-0.25, -0.2) is 12.8 Å². The van der Waals surface area contributed by atoms with Crippen LogP contribution in [0.15, 0.2) is 23.1 Å². The number of hydrogen-bond donors (Lipinski definition) is 1. The summed E-state index contributed by atoms with van der Waals surface area (Å²) in [6.07, 6.45) is 1.57. The second-order valence-electron chi connectivity index (χ2n) is 5.23. The van der Waals surface area contributed by atoms with E-state index < -0.39 is 15.8 Å². The molecule has 0 bridgehead atoms. The highest BCUT2D eigenvalue weighted by Crippen LogP contribution is 2.26. The lowest BCUT2D eigenvalue weighted by Crippen LogP contribution is -2.41. The second-order valence-corrected chi connectivity index (χ2v) is 7.57. The van der Waals surface area contributed by atoms with Gasteiger partial charge in [0.2, 0.25) is 10.0 Å². The Morgan fingerprint density at radius 2 is 2.05 bits per heavy atom. The van der Waals surface area contributed by atoms with Crippen molar-refractivity contribution in [3.63, 3.8) is 0 Å². The molecule has 0 spiro atoms. The van der Waals surface area contributed by atoms with Crippen molar-refractivity contribution >= 4 is 21.6 Å². The molecule has 1 N–H and O–H groups in total. The lowest BCUT2D eigenvalue weighted by atomic mass is 9.98. The quantitative estimate of drug-likeness (QED) is 0.900. The molecule has 0 aromatic heterocycles. The van der Waals surface area contributed by atoms with Gasteiger partial charge >= 0.3 is 0 Å². The van der Waals surface area contributed by atoms with Crippen LogP contribution in [0.25, 0.3) is 0 Å². The monoisotopic (exact) mass is 334 g/mol. The fourth-order valence-corrected chi connectivity index (χ4v) is 4.31. The van der Waals surface area contributed by atoms with Crippen molar-refractivity contribution in [2.75, 3.05) is 26.2 Å². The molecular formula is C14H20ClFN2O2S. The van der Waals surface area contributed by atoms with Gasteiger partial charge in [0.25, 0.3) is 0 Å². The van der Waals surface area contributed by atoms with Gasteiger partial charge in [-0.3, -0.25) is 0 Å². The zero-order valence-corrected chi connectivity index (χ0v) is 13.6. The number of hydrogen-bond acceptors (Lipinski definition) is 3. The van der Waals surface area contributed by atoms with E-state index in [1.807, 2.05) is 6.92 Å². The van der Waals surface area contributed by atoms with Gasteiger partial charge in [0.1, 0.15) is 10.7 Å². The summed E-state index contributed by atoms with van der Waals surface area (Å²) in [6, 6.07) is 3.61. The summed E-state index contributed by atoms with van der Waals surface area (Å²) in [7, 11) is -3.81. The maximum Gasteiger partial charge on any atom is 0.246 e. The average molecular weight is 335 g/mol. The predicted octanol–water partition coefficient (Wildman–Crippen LogP) is 2.49. The van der Waals surface area contributed by atoms with Crippen LogP contribution < -0.4 is 5.32 Å². The third-order valence-electron chi connectivity index (χ3n) is 3.77. The smallest absolute Gasteiger partial charge is 0.246 e. The molecule has 1 saturated heterocycles. The molecule has 1 aromatic rings. The van der Waals surface area contributed by atoms with Crippen LogP contribution in [0.2, 0.25) is 5.02 Å².